The first-order chi connectivity index (χ1) is 9.34. The summed E-state index contributed by atoms with van der Waals surface area (Å²) in [6.07, 6.45) is -3.61. The molecule has 0 aliphatic carbocycles. The molecule has 0 spiro atoms. The summed E-state index contributed by atoms with van der Waals surface area (Å²) in [7, 11) is 0. The minimum absolute atomic E-state index is 0.0829. The van der Waals surface area contributed by atoms with Gasteiger partial charge < -0.3 is 11.1 Å². The van der Waals surface area contributed by atoms with Crippen molar-refractivity contribution in [3.63, 3.8) is 0 Å². The van der Waals surface area contributed by atoms with Gasteiger partial charge in [0.15, 0.2) is 0 Å². The highest BCUT2D eigenvalue weighted by Gasteiger charge is 2.31. The first kappa shape index (κ1) is 14.3. The fraction of sp³-hybridized carbons (Fsp3) is 0.333. The average Bonchev–Trinajstić information content (AvgIpc) is 2.69. The van der Waals surface area contributed by atoms with E-state index in [4.69, 9.17) is 5.73 Å². The van der Waals surface area contributed by atoms with Crippen LogP contribution in [-0.2, 0) is 6.18 Å². The van der Waals surface area contributed by atoms with Gasteiger partial charge in [0.1, 0.15) is 11.3 Å². The van der Waals surface area contributed by atoms with E-state index in [1.165, 1.54) is 6.07 Å². The number of rotatable bonds is 3. The lowest BCUT2D eigenvalue weighted by Gasteiger charge is -2.08. The first-order valence-corrected chi connectivity index (χ1v) is 5.88. The van der Waals surface area contributed by atoms with Crippen LogP contribution in [0.25, 0.3) is 5.65 Å². The van der Waals surface area contributed by atoms with Gasteiger partial charge in [0, 0.05) is 19.3 Å². The summed E-state index contributed by atoms with van der Waals surface area (Å²) in [5.74, 6) is -0.500. The van der Waals surface area contributed by atoms with Crippen LogP contribution in [-0.4, -0.2) is 28.4 Å². The Labute approximate surface area is 112 Å². The maximum absolute atomic E-state index is 12.7. The number of halogens is 3. The van der Waals surface area contributed by atoms with Crippen molar-refractivity contribution >= 4 is 11.6 Å². The van der Waals surface area contributed by atoms with Crippen molar-refractivity contribution in [2.45, 2.75) is 13.1 Å². The molecule has 0 fully saturated rings. The molecule has 20 heavy (non-hydrogen) atoms. The molecule has 108 valence electrons. The Morgan fingerprint density at radius 1 is 1.45 bits per heavy atom. The van der Waals surface area contributed by atoms with Crippen LogP contribution in [0.4, 0.5) is 13.2 Å². The van der Waals surface area contributed by atoms with Crippen LogP contribution in [0, 0.1) is 6.92 Å². The van der Waals surface area contributed by atoms with Crippen molar-refractivity contribution < 1.29 is 18.0 Å². The van der Waals surface area contributed by atoms with Crippen LogP contribution < -0.4 is 11.1 Å². The van der Waals surface area contributed by atoms with Crippen molar-refractivity contribution in [1.29, 1.82) is 0 Å². The summed E-state index contributed by atoms with van der Waals surface area (Å²) in [6.45, 7) is 2.05. The van der Waals surface area contributed by atoms with Crippen LogP contribution in [0.3, 0.4) is 0 Å². The van der Waals surface area contributed by atoms with Crippen molar-refractivity contribution in [3.8, 4) is 0 Å². The van der Waals surface area contributed by atoms with Gasteiger partial charge in [-0.25, -0.2) is 4.98 Å². The van der Waals surface area contributed by atoms with Crippen LogP contribution >= 0.6 is 0 Å². The topological polar surface area (TPSA) is 72.4 Å². The molecule has 0 aromatic carbocycles. The summed E-state index contributed by atoms with van der Waals surface area (Å²) < 4.78 is 39.3. The van der Waals surface area contributed by atoms with Crippen LogP contribution in [0.15, 0.2) is 18.3 Å². The first-order valence-electron chi connectivity index (χ1n) is 5.88. The van der Waals surface area contributed by atoms with Crippen molar-refractivity contribution in [2.24, 2.45) is 5.73 Å². The average molecular weight is 286 g/mol. The molecule has 0 saturated carbocycles. The third-order valence-electron chi connectivity index (χ3n) is 2.77. The number of hydrogen-bond acceptors (Lipinski definition) is 3. The highest BCUT2D eigenvalue weighted by atomic mass is 19.4. The van der Waals surface area contributed by atoms with E-state index >= 15 is 0 Å². The van der Waals surface area contributed by atoms with Gasteiger partial charge in [0.05, 0.1) is 11.3 Å². The molecule has 2 aromatic heterocycles. The Morgan fingerprint density at radius 3 is 2.75 bits per heavy atom. The molecule has 2 aromatic rings. The molecular formula is C12H13F3N4O. The van der Waals surface area contributed by atoms with E-state index in [1.807, 2.05) is 0 Å². The quantitative estimate of drug-likeness (QED) is 0.894. The van der Waals surface area contributed by atoms with E-state index in [9.17, 15) is 18.0 Å². The third-order valence-corrected chi connectivity index (χ3v) is 2.77. The van der Waals surface area contributed by atoms with E-state index in [-0.39, 0.29) is 24.4 Å². The molecule has 2 heterocycles. The second-order valence-electron chi connectivity index (χ2n) is 4.23. The number of carbonyl (C=O) groups excluding carboxylic acids is 1. The lowest BCUT2D eigenvalue weighted by molar-refractivity contribution is -0.137. The summed E-state index contributed by atoms with van der Waals surface area (Å²) in [6, 6.07) is 2.17. The molecule has 0 saturated heterocycles. The zero-order chi connectivity index (χ0) is 14.9. The third kappa shape index (κ3) is 2.60. The summed E-state index contributed by atoms with van der Waals surface area (Å²) in [4.78, 5) is 16.0. The molecule has 0 aliphatic rings. The van der Waals surface area contributed by atoms with E-state index in [0.717, 1.165) is 16.7 Å². The normalized spacial score (nSPS) is 11.8. The fourth-order valence-corrected chi connectivity index (χ4v) is 1.87. The van der Waals surface area contributed by atoms with Gasteiger partial charge in [-0.05, 0) is 19.1 Å². The number of carbonyl (C=O) groups is 1. The molecule has 0 unspecified atom stereocenters. The highest BCUT2D eigenvalue weighted by molar-refractivity contribution is 5.94. The van der Waals surface area contributed by atoms with Crippen LogP contribution in [0.5, 0.6) is 0 Å². The number of aromatic nitrogens is 2. The Bertz CT molecular complexity index is 648. The predicted octanol–water partition coefficient (Wildman–Crippen LogP) is 1.35. The molecule has 0 bridgehead atoms. The fourth-order valence-electron chi connectivity index (χ4n) is 1.87. The maximum atomic E-state index is 12.7. The van der Waals surface area contributed by atoms with Gasteiger partial charge in [0.2, 0.25) is 0 Å². The predicted molar refractivity (Wildman–Crippen MR) is 66.3 cm³/mol. The molecular weight excluding hydrogens is 273 g/mol. The van der Waals surface area contributed by atoms with Gasteiger partial charge in [0.25, 0.3) is 5.91 Å². The molecule has 0 aliphatic heterocycles. The minimum atomic E-state index is -4.47. The molecule has 2 rings (SSSR count). The molecule has 1 amide bonds. The van der Waals surface area contributed by atoms with Gasteiger partial charge >= 0.3 is 6.18 Å². The highest BCUT2D eigenvalue weighted by Crippen LogP contribution is 2.29. The maximum Gasteiger partial charge on any atom is 0.417 e. The Morgan fingerprint density at radius 2 is 2.15 bits per heavy atom. The lowest BCUT2D eigenvalue weighted by Crippen LogP contribution is -2.30. The number of imidazole rings is 1. The summed E-state index contributed by atoms with van der Waals surface area (Å²) in [5.41, 5.74) is 5.17. The Kier molecular flexibility index (Phi) is 3.67. The Hall–Kier alpha value is -2.09. The van der Waals surface area contributed by atoms with Crippen molar-refractivity contribution in [1.82, 2.24) is 14.7 Å². The number of alkyl halides is 3. The summed E-state index contributed by atoms with van der Waals surface area (Å²) in [5, 5.41) is 2.52. The molecule has 0 atom stereocenters. The zero-order valence-electron chi connectivity index (χ0n) is 10.7. The van der Waals surface area contributed by atoms with E-state index in [2.05, 4.69) is 10.3 Å². The number of pyridine rings is 1. The van der Waals surface area contributed by atoms with E-state index < -0.39 is 17.6 Å². The minimum Gasteiger partial charge on any atom is -0.349 e. The number of amides is 1. The van der Waals surface area contributed by atoms with Crippen molar-refractivity contribution in [2.75, 3.05) is 13.1 Å². The van der Waals surface area contributed by atoms with Gasteiger partial charge in [-0.1, -0.05) is 0 Å². The Balaban J connectivity index is 2.53. The molecule has 5 nitrogen and oxygen atoms in total. The number of aryl methyl sites for hydroxylation is 1. The largest absolute Gasteiger partial charge is 0.417 e. The molecule has 3 N–H and O–H groups in total. The monoisotopic (exact) mass is 286 g/mol. The number of fused-ring (bicyclic) bond motifs is 1. The standard InChI is InChI=1S/C12H13F3N4O/c1-7-10(11(20)17-5-4-16)19-6-8(12(13,14)15)2-3-9(19)18-7/h2-3,6H,4-5,16H2,1H3,(H,17,20). The number of hydrogen-bond donors (Lipinski definition) is 2. The van der Waals surface area contributed by atoms with Gasteiger partial charge in [-0.2, -0.15) is 13.2 Å². The van der Waals surface area contributed by atoms with Crippen LogP contribution in [0.1, 0.15) is 21.7 Å². The van der Waals surface area contributed by atoms with Gasteiger partial charge in [-0.15, -0.1) is 0 Å². The SMILES string of the molecule is Cc1nc2ccc(C(F)(F)F)cn2c1C(=O)NCCN. The van der Waals surface area contributed by atoms with Gasteiger partial charge in [-0.3, -0.25) is 9.20 Å². The summed E-state index contributed by atoms with van der Waals surface area (Å²) >= 11 is 0. The van der Waals surface area contributed by atoms with Crippen LogP contribution in [0.2, 0.25) is 0 Å². The lowest BCUT2D eigenvalue weighted by atomic mass is 10.2. The number of nitrogens with one attached hydrogen (secondary N) is 1. The molecule has 0 radical (unpaired) electrons. The second-order valence-corrected chi connectivity index (χ2v) is 4.23. The van der Waals surface area contributed by atoms with E-state index in [0.29, 0.717) is 5.69 Å². The smallest absolute Gasteiger partial charge is 0.349 e. The number of nitrogens with two attached hydrogens (primary N) is 1. The molecule has 8 heteroatoms. The van der Waals surface area contributed by atoms with E-state index in [1.54, 1.807) is 6.92 Å². The van der Waals surface area contributed by atoms with Crippen molar-refractivity contribution in [3.05, 3.63) is 35.3 Å². The second kappa shape index (κ2) is 5.12. The zero-order valence-corrected chi connectivity index (χ0v) is 10.7. The number of nitrogens with zero attached hydrogens (tertiary/aromatic N) is 2.